The lowest BCUT2D eigenvalue weighted by Gasteiger charge is -2.24. The lowest BCUT2D eigenvalue weighted by atomic mass is 10.1. The van der Waals surface area contributed by atoms with Gasteiger partial charge in [0.2, 0.25) is 11.8 Å². The van der Waals surface area contributed by atoms with Crippen LogP contribution in [0.25, 0.3) is 0 Å². The van der Waals surface area contributed by atoms with Gasteiger partial charge in [0.05, 0.1) is 11.8 Å². The maximum absolute atomic E-state index is 11.8. The first kappa shape index (κ1) is 11.6. The minimum atomic E-state index is 0.0383. The van der Waals surface area contributed by atoms with Gasteiger partial charge in [-0.05, 0) is 19.4 Å². The van der Waals surface area contributed by atoms with E-state index in [0.29, 0.717) is 6.54 Å². The van der Waals surface area contributed by atoms with Crippen LogP contribution in [0.15, 0.2) is 0 Å². The molecule has 0 aromatic rings. The molecule has 4 nitrogen and oxygen atoms in total. The quantitative estimate of drug-likeness (QED) is 0.678. The molecule has 4 heteroatoms. The number of fused-ring (bicyclic) bond motifs is 1. The second-order valence-electron chi connectivity index (χ2n) is 4.78. The Balaban J connectivity index is 1.92. The van der Waals surface area contributed by atoms with E-state index in [1.807, 2.05) is 6.92 Å². The lowest BCUT2D eigenvalue weighted by molar-refractivity contribution is -0.141. The average molecular weight is 224 g/mol. The molecule has 1 saturated heterocycles. The molecule has 0 aromatic heterocycles. The Morgan fingerprint density at radius 2 is 1.94 bits per heavy atom. The molecule has 2 fully saturated rings. The monoisotopic (exact) mass is 224 g/mol. The molecule has 0 radical (unpaired) electrons. The van der Waals surface area contributed by atoms with Crippen molar-refractivity contribution in [3.05, 3.63) is 0 Å². The van der Waals surface area contributed by atoms with E-state index in [9.17, 15) is 9.59 Å². The van der Waals surface area contributed by atoms with E-state index in [1.54, 1.807) is 0 Å². The number of carbonyl (C=O) groups excluding carboxylic acids is 2. The largest absolute Gasteiger partial charge is 0.312 e. The number of hydrogen-bond acceptors (Lipinski definition) is 3. The fraction of sp³-hybridized carbons (Fsp3) is 0.833. The highest BCUT2D eigenvalue weighted by molar-refractivity contribution is 6.08. The molecule has 1 heterocycles. The molecule has 90 valence electrons. The second-order valence-corrected chi connectivity index (χ2v) is 4.78. The van der Waals surface area contributed by atoms with Crippen molar-refractivity contribution in [3.8, 4) is 0 Å². The van der Waals surface area contributed by atoms with Gasteiger partial charge in [-0.1, -0.05) is 20.3 Å². The van der Waals surface area contributed by atoms with Crippen molar-refractivity contribution >= 4 is 11.8 Å². The van der Waals surface area contributed by atoms with E-state index in [0.717, 1.165) is 25.8 Å². The minimum Gasteiger partial charge on any atom is -0.312 e. The van der Waals surface area contributed by atoms with E-state index in [1.165, 1.54) is 4.90 Å². The zero-order valence-corrected chi connectivity index (χ0v) is 10.0. The minimum absolute atomic E-state index is 0.0383. The zero-order valence-electron chi connectivity index (χ0n) is 10.0. The van der Waals surface area contributed by atoms with Crippen molar-refractivity contribution in [1.29, 1.82) is 0 Å². The molecule has 2 amide bonds. The summed E-state index contributed by atoms with van der Waals surface area (Å²) in [6.45, 7) is 5.61. The summed E-state index contributed by atoms with van der Waals surface area (Å²) in [6, 6.07) is 0.264. The van der Waals surface area contributed by atoms with Gasteiger partial charge in [0.15, 0.2) is 0 Å². The third kappa shape index (κ3) is 1.98. The van der Waals surface area contributed by atoms with Gasteiger partial charge < -0.3 is 5.32 Å². The van der Waals surface area contributed by atoms with Gasteiger partial charge in [0, 0.05) is 12.6 Å². The van der Waals surface area contributed by atoms with E-state index < -0.39 is 0 Å². The van der Waals surface area contributed by atoms with Crippen LogP contribution in [0.1, 0.15) is 33.1 Å². The van der Waals surface area contributed by atoms with Crippen LogP contribution in [0.2, 0.25) is 0 Å². The molecule has 3 unspecified atom stereocenters. The summed E-state index contributed by atoms with van der Waals surface area (Å²) in [6.07, 6.45) is 2.88. The number of rotatable bonds is 6. The highest BCUT2D eigenvalue weighted by Crippen LogP contribution is 2.46. The number of likely N-dealkylation sites (N-methyl/N-ethyl adjacent to an activating group) is 1. The molecule has 1 aliphatic carbocycles. The Kier molecular flexibility index (Phi) is 3.28. The van der Waals surface area contributed by atoms with Crippen molar-refractivity contribution < 1.29 is 9.59 Å². The van der Waals surface area contributed by atoms with Crippen LogP contribution in [-0.4, -0.2) is 35.8 Å². The van der Waals surface area contributed by atoms with Gasteiger partial charge in [-0.25, -0.2) is 0 Å². The number of piperidine rings is 1. The molecule has 1 saturated carbocycles. The summed E-state index contributed by atoms with van der Waals surface area (Å²) in [4.78, 5) is 25.0. The van der Waals surface area contributed by atoms with Gasteiger partial charge in [-0.15, -0.1) is 0 Å². The van der Waals surface area contributed by atoms with Crippen molar-refractivity contribution in [3.63, 3.8) is 0 Å². The van der Waals surface area contributed by atoms with Gasteiger partial charge in [-0.2, -0.15) is 0 Å². The van der Waals surface area contributed by atoms with E-state index >= 15 is 0 Å². The maximum Gasteiger partial charge on any atom is 0.233 e. The molecule has 16 heavy (non-hydrogen) atoms. The maximum atomic E-state index is 11.8. The molecule has 3 atom stereocenters. The molecule has 2 rings (SSSR count). The second kappa shape index (κ2) is 4.53. The van der Waals surface area contributed by atoms with Gasteiger partial charge in [-0.3, -0.25) is 14.5 Å². The van der Waals surface area contributed by atoms with Crippen LogP contribution >= 0.6 is 0 Å². The molecular formula is C12H20N2O2. The van der Waals surface area contributed by atoms with Crippen LogP contribution in [-0.2, 0) is 9.59 Å². The molecular weight excluding hydrogens is 204 g/mol. The van der Waals surface area contributed by atoms with Crippen LogP contribution in [0.5, 0.6) is 0 Å². The normalized spacial score (nSPS) is 29.5. The van der Waals surface area contributed by atoms with E-state index in [4.69, 9.17) is 0 Å². The summed E-state index contributed by atoms with van der Waals surface area (Å²) in [5.74, 6) is 0.204. The zero-order chi connectivity index (χ0) is 11.7. The fourth-order valence-electron chi connectivity index (χ4n) is 2.55. The molecule has 0 aromatic carbocycles. The van der Waals surface area contributed by atoms with E-state index in [2.05, 4.69) is 12.2 Å². The Morgan fingerprint density at radius 3 is 2.44 bits per heavy atom. The standard InChI is InChI=1S/C12H20N2O2/c1-3-5-8(13-4-2)7-14-11(15)9-6-10(9)12(14)16/h8-10,13H,3-7H2,1-2H3. The van der Waals surface area contributed by atoms with Crippen LogP contribution < -0.4 is 5.32 Å². The highest BCUT2D eigenvalue weighted by Gasteiger charge is 2.58. The topological polar surface area (TPSA) is 49.4 Å². The molecule has 1 aliphatic heterocycles. The molecule has 0 bridgehead atoms. The Labute approximate surface area is 96.4 Å². The first-order chi connectivity index (χ1) is 7.69. The van der Waals surface area contributed by atoms with Gasteiger partial charge in [0.25, 0.3) is 0 Å². The van der Waals surface area contributed by atoms with Crippen LogP contribution in [0.4, 0.5) is 0 Å². The first-order valence-electron chi connectivity index (χ1n) is 6.27. The number of nitrogens with one attached hydrogen (secondary N) is 1. The molecule has 0 spiro atoms. The Hall–Kier alpha value is -0.900. The summed E-state index contributed by atoms with van der Waals surface area (Å²) in [5.41, 5.74) is 0. The number of imide groups is 1. The first-order valence-corrected chi connectivity index (χ1v) is 6.27. The van der Waals surface area contributed by atoms with Crippen molar-refractivity contribution in [2.24, 2.45) is 11.8 Å². The summed E-state index contributed by atoms with van der Waals surface area (Å²) < 4.78 is 0. The average Bonchev–Trinajstić information content (AvgIpc) is 3.00. The summed E-state index contributed by atoms with van der Waals surface area (Å²) in [7, 11) is 0. The SMILES string of the molecule is CCCC(CN1C(=O)C2CC2C1=O)NCC. The van der Waals surface area contributed by atoms with Crippen molar-refractivity contribution in [1.82, 2.24) is 10.2 Å². The number of likely N-dealkylation sites (tertiary alicyclic amines) is 1. The summed E-state index contributed by atoms with van der Waals surface area (Å²) in [5, 5.41) is 3.34. The number of amides is 2. The predicted octanol–water partition coefficient (Wildman–Crippen LogP) is 0.770. The smallest absolute Gasteiger partial charge is 0.233 e. The summed E-state index contributed by atoms with van der Waals surface area (Å²) >= 11 is 0. The number of carbonyl (C=O) groups is 2. The van der Waals surface area contributed by atoms with Crippen LogP contribution in [0.3, 0.4) is 0 Å². The predicted molar refractivity (Wildman–Crippen MR) is 60.7 cm³/mol. The van der Waals surface area contributed by atoms with Crippen molar-refractivity contribution in [2.75, 3.05) is 13.1 Å². The van der Waals surface area contributed by atoms with Crippen molar-refractivity contribution in [2.45, 2.75) is 39.2 Å². The fourth-order valence-corrected chi connectivity index (χ4v) is 2.55. The Bertz CT molecular complexity index is 277. The Morgan fingerprint density at radius 1 is 1.31 bits per heavy atom. The van der Waals surface area contributed by atoms with Crippen LogP contribution in [0, 0.1) is 11.8 Å². The molecule has 2 aliphatic rings. The van der Waals surface area contributed by atoms with Gasteiger partial charge >= 0.3 is 0 Å². The van der Waals surface area contributed by atoms with E-state index in [-0.39, 0.29) is 29.7 Å². The highest BCUT2D eigenvalue weighted by atomic mass is 16.2. The van der Waals surface area contributed by atoms with Gasteiger partial charge in [0.1, 0.15) is 0 Å². The third-order valence-electron chi connectivity index (χ3n) is 3.49. The number of hydrogen-bond donors (Lipinski definition) is 1. The lowest BCUT2D eigenvalue weighted by Crippen LogP contribution is -2.44. The number of nitrogens with zero attached hydrogens (tertiary/aromatic N) is 1. The molecule has 1 N–H and O–H groups in total. The third-order valence-corrected chi connectivity index (χ3v) is 3.49.